The van der Waals surface area contributed by atoms with Crippen molar-refractivity contribution in [2.75, 3.05) is 0 Å². The summed E-state index contributed by atoms with van der Waals surface area (Å²) in [5.74, 6) is 1.76. The number of carbonyl (C=O) groups excluding carboxylic acids is 1. The topological polar surface area (TPSA) is 35.5 Å². The van der Waals surface area contributed by atoms with Gasteiger partial charge in [-0.15, -0.1) is 6.42 Å². The number of rotatable bonds is 4. The molecule has 0 spiro atoms. The molecule has 0 aromatic carbocycles. The van der Waals surface area contributed by atoms with E-state index in [1.807, 2.05) is 6.92 Å². The molecule has 0 saturated carbocycles. The average Bonchev–Trinajstić information content (AvgIpc) is 2.50. The highest BCUT2D eigenvalue weighted by atomic mass is 16.8. The van der Waals surface area contributed by atoms with E-state index in [2.05, 4.69) is 5.92 Å². The summed E-state index contributed by atoms with van der Waals surface area (Å²) in [6.07, 6.45) is 6.55. The number of carbonyl (C=O) groups is 1. The number of Topliss-reactive ketones (excluding diaryl/α,β-unsaturated/α-hetero) is 1. The third-order valence-corrected chi connectivity index (χ3v) is 2.35. The van der Waals surface area contributed by atoms with Crippen LogP contribution in [-0.4, -0.2) is 23.8 Å². The molecular formula is C12H18O3. The lowest BCUT2D eigenvalue weighted by atomic mass is 10.1. The molecule has 1 fully saturated rings. The third kappa shape index (κ3) is 3.05. The van der Waals surface area contributed by atoms with Gasteiger partial charge in [-0.25, -0.2) is 0 Å². The molecular weight excluding hydrogens is 192 g/mol. The lowest BCUT2D eigenvalue weighted by Gasteiger charge is -2.15. The summed E-state index contributed by atoms with van der Waals surface area (Å²) >= 11 is 0. The van der Waals surface area contributed by atoms with Crippen LogP contribution in [0.5, 0.6) is 0 Å². The number of ether oxygens (including phenoxy) is 2. The monoisotopic (exact) mass is 210 g/mol. The first kappa shape index (κ1) is 12.2. The van der Waals surface area contributed by atoms with Gasteiger partial charge in [0.2, 0.25) is 0 Å². The van der Waals surface area contributed by atoms with Crippen molar-refractivity contribution >= 4 is 5.78 Å². The maximum atomic E-state index is 11.8. The molecule has 1 heterocycles. The lowest BCUT2D eigenvalue weighted by molar-refractivity contribution is -0.153. The van der Waals surface area contributed by atoms with Crippen LogP contribution in [0.1, 0.15) is 40.0 Å². The maximum absolute atomic E-state index is 11.8. The Hall–Kier alpha value is -0.850. The summed E-state index contributed by atoms with van der Waals surface area (Å²) in [5, 5.41) is 0. The van der Waals surface area contributed by atoms with Gasteiger partial charge in [0, 0.05) is 6.42 Å². The van der Waals surface area contributed by atoms with Gasteiger partial charge in [-0.05, 0) is 20.3 Å². The van der Waals surface area contributed by atoms with Gasteiger partial charge in [-0.3, -0.25) is 4.79 Å². The Balaban J connectivity index is 2.61. The molecule has 1 aliphatic rings. The molecule has 1 rings (SSSR count). The van der Waals surface area contributed by atoms with Crippen molar-refractivity contribution in [3.05, 3.63) is 0 Å². The fourth-order valence-corrected chi connectivity index (χ4v) is 1.61. The average molecular weight is 210 g/mol. The highest BCUT2D eigenvalue weighted by Crippen LogP contribution is 2.29. The van der Waals surface area contributed by atoms with Crippen molar-refractivity contribution in [3.63, 3.8) is 0 Å². The fraction of sp³-hybridized carbons (Fsp3) is 0.750. The molecule has 1 saturated heterocycles. The van der Waals surface area contributed by atoms with Gasteiger partial charge >= 0.3 is 0 Å². The number of hydrogen-bond donors (Lipinski definition) is 0. The Bertz CT molecular complexity index is 275. The van der Waals surface area contributed by atoms with E-state index in [4.69, 9.17) is 15.9 Å². The normalized spacial score (nSPS) is 28.7. The Kier molecular flexibility index (Phi) is 3.90. The van der Waals surface area contributed by atoms with Crippen molar-refractivity contribution in [3.8, 4) is 12.3 Å². The van der Waals surface area contributed by atoms with Crippen molar-refractivity contribution in [1.29, 1.82) is 0 Å². The minimum atomic E-state index is -0.746. The predicted octanol–water partition coefficient (Wildman–Crippen LogP) is 1.90. The summed E-state index contributed by atoms with van der Waals surface area (Å²) in [5.41, 5.74) is 0. The zero-order valence-corrected chi connectivity index (χ0v) is 9.58. The maximum Gasteiger partial charge on any atom is 0.165 e. The number of hydrogen-bond acceptors (Lipinski definition) is 3. The van der Waals surface area contributed by atoms with E-state index >= 15 is 0 Å². The quantitative estimate of drug-likeness (QED) is 0.665. The van der Waals surface area contributed by atoms with Crippen molar-refractivity contribution in [1.82, 2.24) is 0 Å². The van der Waals surface area contributed by atoms with E-state index in [1.165, 1.54) is 0 Å². The van der Waals surface area contributed by atoms with E-state index in [1.54, 1.807) is 13.8 Å². The number of ketones is 1. The Morgan fingerprint density at radius 2 is 2.13 bits per heavy atom. The van der Waals surface area contributed by atoms with E-state index in [0.29, 0.717) is 6.42 Å². The first-order valence-electron chi connectivity index (χ1n) is 5.34. The molecule has 2 atom stereocenters. The van der Waals surface area contributed by atoms with Gasteiger partial charge in [-0.1, -0.05) is 19.3 Å². The van der Waals surface area contributed by atoms with Crippen LogP contribution >= 0.6 is 0 Å². The van der Waals surface area contributed by atoms with Gasteiger partial charge < -0.3 is 9.47 Å². The molecule has 0 aromatic heterocycles. The standard InChI is InChI=1S/C12H18O3/c1-5-7-8-9(13)11-10(6-2)14-12(3,4)15-11/h2,10-11H,5,7-8H2,1,3-4H3/t10-,11+/m0/s1. The van der Waals surface area contributed by atoms with E-state index in [-0.39, 0.29) is 5.78 Å². The largest absolute Gasteiger partial charge is 0.336 e. The minimum absolute atomic E-state index is 0.0466. The van der Waals surface area contributed by atoms with Gasteiger partial charge in [0.15, 0.2) is 23.8 Å². The SMILES string of the molecule is C#C[C@@H]1OC(C)(C)O[C@@H]1C(=O)CCCC. The first-order valence-corrected chi connectivity index (χ1v) is 5.34. The third-order valence-electron chi connectivity index (χ3n) is 2.35. The van der Waals surface area contributed by atoms with Crippen molar-refractivity contribution < 1.29 is 14.3 Å². The summed E-state index contributed by atoms with van der Waals surface area (Å²) in [4.78, 5) is 11.8. The molecule has 0 N–H and O–H groups in total. The van der Waals surface area contributed by atoms with Crippen LogP contribution in [0.25, 0.3) is 0 Å². The van der Waals surface area contributed by atoms with Crippen molar-refractivity contribution in [2.24, 2.45) is 0 Å². The predicted molar refractivity (Wildman–Crippen MR) is 57.2 cm³/mol. The smallest absolute Gasteiger partial charge is 0.165 e. The summed E-state index contributed by atoms with van der Waals surface area (Å²) < 4.78 is 10.9. The lowest BCUT2D eigenvalue weighted by Crippen LogP contribution is -2.30. The molecule has 0 radical (unpaired) electrons. The van der Waals surface area contributed by atoms with Gasteiger partial charge in [0.1, 0.15) is 0 Å². The molecule has 15 heavy (non-hydrogen) atoms. The van der Waals surface area contributed by atoms with Gasteiger partial charge in [0.05, 0.1) is 0 Å². The molecule has 3 heteroatoms. The molecule has 0 bridgehead atoms. The number of unbranched alkanes of at least 4 members (excludes halogenated alkanes) is 1. The van der Waals surface area contributed by atoms with Crippen LogP contribution in [0.15, 0.2) is 0 Å². The van der Waals surface area contributed by atoms with Crippen LogP contribution < -0.4 is 0 Å². The second-order valence-electron chi connectivity index (χ2n) is 4.21. The van der Waals surface area contributed by atoms with Crippen LogP contribution in [-0.2, 0) is 14.3 Å². The summed E-state index contributed by atoms with van der Waals surface area (Å²) in [6.45, 7) is 5.58. The van der Waals surface area contributed by atoms with Gasteiger partial charge in [0.25, 0.3) is 0 Å². The highest BCUT2D eigenvalue weighted by Gasteiger charge is 2.43. The molecule has 84 valence electrons. The molecule has 0 amide bonds. The Morgan fingerprint density at radius 3 is 2.67 bits per heavy atom. The Morgan fingerprint density at radius 1 is 1.47 bits per heavy atom. The highest BCUT2D eigenvalue weighted by molar-refractivity contribution is 5.84. The van der Waals surface area contributed by atoms with E-state index in [0.717, 1.165) is 12.8 Å². The van der Waals surface area contributed by atoms with Gasteiger partial charge in [-0.2, -0.15) is 0 Å². The van der Waals surface area contributed by atoms with Crippen LogP contribution in [0.3, 0.4) is 0 Å². The van der Waals surface area contributed by atoms with Crippen LogP contribution in [0.2, 0.25) is 0 Å². The fourth-order valence-electron chi connectivity index (χ4n) is 1.61. The van der Waals surface area contributed by atoms with E-state index < -0.39 is 18.0 Å². The molecule has 0 aromatic rings. The molecule has 3 nitrogen and oxygen atoms in total. The first-order chi connectivity index (χ1) is 7.00. The van der Waals surface area contributed by atoms with Crippen LogP contribution in [0, 0.1) is 12.3 Å². The summed E-state index contributed by atoms with van der Waals surface area (Å²) in [7, 11) is 0. The molecule has 0 aliphatic carbocycles. The minimum Gasteiger partial charge on any atom is -0.336 e. The molecule has 0 unspecified atom stereocenters. The van der Waals surface area contributed by atoms with Crippen molar-refractivity contribution in [2.45, 2.75) is 58.0 Å². The summed E-state index contributed by atoms with van der Waals surface area (Å²) in [6, 6.07) is 0. The zero-order valence-electron chi connectivity index (χ0n) is 9.58. The van der Waals surface area contributed by atoms with Crippen LogP contribution in [0.4, 0.5) is 0 Å². The second kappa shape index (κ2) is 4.78. The second-order valence-corrected chi connectivity index (χ2v) is 4.21. The zero-order chi connectivity index (χ0) is 11.5. The molecule has 1 aliphatic heterocycles. The van der Waals surface area contributed by atoms with E-state index in [9.17, 15) is 4.79 Å². The Labute approximate surface area is 91.1 Å². The number of terminal acetylenes is 1.